The van der Waals surface area contributed by atoms with E-state index < -0.39 is 0 Å². The number of rotatable bonds is 5. The van der Waals surface area contributed by atoms with Crippen LogP contribution in [0.25, 0.3) is 0 Å². The smallest absolute Gasteiger partial charge is 0.227 e. The van der Waals surface area contributed by atoms with E-state index in [-0.39, 0.29) is 11.9 Å². The van der Waals surface area contributed by atoms with Gasteiger partial charge in [-0.2, -0.15) is 0 Å². The second kappa shape index (κ2) is 10.3. The van der Waals surface area contributed by atoms with Crippen LogP contribution in [0.15, 0.2) is 42.7 Å². The fourth-order valence-electron chi connectivity index (χ4n) is 6.11. The lowest BCUT2D eigenvalue weighted by atomic mass is 9.81. The zero-order valence-electron chi connectivity index (χ0n) is 19.0. The van der Waals surface area contributed by atoms with E-state index in [1.165, 1.54) is 31.2 Å². The van der Waals surface area contributed by atoms with Crippen LogP contribution in [0.1, 0.15) is 43.2 Å². The van der Waals surface area contributed by atoms with Crippen LogP contribution in [-0.2, 0) is 17.8 Å². The minimum absolute atomic E-state index is 0.204. The summed E-state index contributed by atoms with van der Waals surface area (Å²) in [7, 11) is 0. The van der Waals surface area contributed by atoms with Crippen LogP contribution in [0, 0.1) is 0 Å². The van der Waals surface area contributed by atoms with Gasteiger partial charge in [0.05, 0.1) is 22.5 Å². The maximum absolute atomic E-state index is 13.6. The molecular weight excluding hydrogens is 455 g/mol. The fourth-order valence-corrected chi connectivity index (χ4v) is 6.43. The summed E-state index contributed by atoms with van der Waals surface area (Å²) < 4.78 is 0. The monoisotopic (exact) mass is 486 g/mol. The van der Waals surface area contributed by atoms with Crippen LogP contribution >= 0.6 is 23.2 Å². The Morgan fingerprint density at radius 2 is 1.76 bits per heavy atom. The van der Waals surface area contributed by atoms with E-state index >= 15 is 0 Å². The molecule has 3 heterocycles. The summed E-state index contributed by atoms with van der Waals surface area (Å²) in [5, 5.41) is 1.03. The quantitative estimate of drug-likeness (QED) is 0.615. The summed E-state index contributed by atoms with van der Waals surface area (Å²) in [6.45, 7) is 4.88. The largest absolute Gasteiger partial charge is 0.335 e. The topological polar surface area (TPSA) is 39.7 Å². The molecule has 7 heteroatoms. The summed E-state index contributed by atoms with van der Waals surface area (Å²) in [6.07, 6.45) is 10.3. The van der Waals surface area contributed by atoms with Gasteiger partial charge in [0.1, 0.15) is 0 Å². The second-order valence-corrected chi connectivity index (χ2v) is 10.5. The van der Waals surface area contributed by atoms with Gasteiger partial charge in [0, 0.05) is 44.1 Å². The SMILES string of the molecule is O=C(Cc1ccc(Cl)c(Cl)c1)N1CCN(Cc2cccnc2)[C@@H]2CCC[C@H](N3CCCC3)[C@@H]21. The Labute approximate surface area is 206 Å². The van der Waals surface area contributed by atoms with Crippen molar-refractivity contribution in [3.8, 4) is 0 Å². The fraction of sp³-hybridized carbons (Fsp3) is 0.538. The molecule has 0 unspecified atom stereocenters. The Morgan fingerprint density at radius 1 is 0.939 bits per heavy atom. The number of carbonyl (C=O) groups is 1. The number of pyridine rings is 1. The van der Waals surface area contributed by atoms with Crippen molar-refractivity contribution in [3.63, 3.8) is 0 Å². The van der Waals surface area contributed by atoms with Crippen LogP contribution in [0.4, 0.5) is 0 Å². The lowest BCUT2D eigenvalue weighted by Crippen LogP contribution is -2.68. The van der Waals surface area contributed by atoms with E-state index in [0.29, 0.717) is 28.5 Å². The number of hydrogen-bond donors (Lipinski definition) is 0. The zero-order chi connectivity index (χ0) is 22.8. The van der Waals surface area contributed by atoms with Gasteiger partial charge in [0.2, 0.25) is 5.91 Å². The van der Waals surface area contributed by atoms with E-state index in [2.05, 4.69) is 25.8 Å². The number of nitrogens with zero attached hydrogens (tertiary/aromatic N) is 4. The van der Waals surface area contributed by atoms with Crippen LogP contribution in [0.5, 0.6) is 0 Å². The first-order chi connectivity index (χ1) is 16.1. The summed E-state index contributed by atoms with van der Waals surface area (Å²) in [5.41, 5.74) is 2.17. The molecular formula is C26H32Cl2N4O. The molecule has 0 N–H and O–H groups in total. The molecule has 2 saturated heterocycles. The highest BCUT2D eigenvalue weighted by atomic mass is 35.5. The number of piperazine rings is 1. The molecule has 3 fully saturated rings. The van der Waals surface area contributed by atoms with Gasteiger partial charge in [-0.25, -0.2) is 0 Å². The molecule has 3 aliphatic rings. The molecule has 5 nitrogen and oxygen atoms in total. The Balaban J connectivity index is 1.39. The number of halogens is 2. The molecule has 1 aromatic heterocycles. The molecule has 2 aromatic rings. The molecule has 0 spiro atoms. The van der Waals surface area contributed by atoms with Crippen molar-refractivity contribution in [1.82, 2.24) is 19.7 Å². The van der Waals surface area contributed by atoms with E-state index in [4.69, 9.17) is 23.2 Å². The molecule has 1 saturated carbocycles. The Bertz CT molecular complexity index is 966. The maximum Gasteiger partial charge on any atom is 0.227 e. The number of benzene rings is 1. The van der Waals surface area contributed by atoms with Crippen molar-refractivity contribution >= 4 is 29.1 Å². The van der Waals surface area contributed by atoms with Crippen molar-refractivity contribution < 1.29 is 4.79 Å². The highest BCUT2D eigenvalue weighted by molar-refractivity contribution is 6.42. The van der Waals surface area contributed by atoms with Gasteiger partial charge in [-0.05, 0) is 68.1 Å². The van der Waals surface area contributed by atoms with Crippen LogP contribution in [0.2, 0.25) is 10.0 Å². The zero-order valence-corrected chi connectivity index (χ0v) is 20.5. The normalized spacial score (nSPS) is 26.4. The molecule has 176 valence electrons. The van der Waals surface area contributed by atoms with E-state index in [1.807, 2.05) is 30.6 Å². The first-order valence-electron chi connectivity index (χ1n) is 12.2. The number of fused-ring (bicyclic) bond motifs is 1. The van der Waals surface area contributed by atoms with Gasteiger partial charge in [-0.1, -0.05) is 41.8 Å². The van der Waals surface area contributed by atoms with Crippen LogP contribution in [-0.4, -0.2) is 69.9 Å². The third-order valence-corrected chi connectivity index (χ3v) is 8.36. The Morgan fingerprint density at radius 3 is 2.52 bits per heavy atom. The Kier molecular flexibility index (Phi) is 7.21. The summed E-state index contributed by atoms with van der Waals surface area (Å²) in [5.74, 6) is 0.204. The average molecular weight is 487 g/mol. The van der Waals surface area contributed by atoms with E-state index in [1.54, 1.807) is 6.07 Å². The standard InChI is InChI=1S/C26H32Cl2N4O/c27-21-9-8-19(15-22(21)28)16-25(33)32-14-13-31(18-20-5-4-10-29-17-20)24-7-3-6-23(26(24)32)30-11-1-2-12-30/h4-5,8-10,15,17,23-24,26H,1-3,6-7,11-14,16,18H2/t23-,24+,26-/m0/s1. The average Bonchev–Trinajstić information content (AvgIpc) is 3.37. The predicted molar refractivity (Wildman–Crippen MR) is 133 cm³/mol. The van der Waals surface area contributed by atoms with Crippen molar-refractivity contribution in [2.45, 2.75) is 63.2 Å². The molecule has 0 bridgehead atoms. The Hall–Kier alpha value is -1.66. The molecule has 2 aliphatic heterocycles. The van der Waals surface area contributed by atoms with Gasteiger partial charge in [0.15, 0.2) is 0 Å². The summed E-state index contributed by atoms with van der Waals surface area (Å²) in [6, 6.07) is 10.8. The van der Waals surface area contributed by atoms with Gasteiger partial charge in [-0.15, -0.1) is 0 Å². The number of hydrogen-bond acceptors (Lipinski definition) is 4. The molecule has 33 heavy (non-hydrogen) atoms. The van der Waals surface area contributed by atoms with Gasteiger partial charge in [0.25, 0.3) is 0 Å². The minimum atomic E-state index is 0.204. The first-order valence-corrected chi connectivity index (χ1v) is 13.0. The summed E-state index contributed by atoms with van der Waals surface area (Å²) in [4.78, 5) is 25.4. The molecule has 5 rings (SSSR count). The van der Waals surface area contributed by atoms with Crippen molar-refractivity contribution in [3.05, 3.63) is 63.9 Å². The summed E-state index contributed by atoms with van der Waals surface area (Å²) >= 11 is 12.3. The predicted octanol–water partition coefficient (Wildman–Crippen LogP) is 4.66. The molecule has 1 amide bonds. The molecule has 0 radical (unpaired) electrons. The first kappa shape index (κ1) is 23.1. The molecule has 1 aliphatic carbocycles. The third-order valence-electron chi connectivity index (χ3n) is 7.62. The van der Waals surface area contributed by atoms with Crippen molar-refractivity contribution in [2.24, 2.45) is 0 Å². The lowest BCUT2D eigenvalue weighted by Gasteiger charge is -2.54. The highest BCUT2D eigenvalue weighted by Crippen LogP contribution is 2.36. The van der Waals surface area contributed by atoms with Crippen molar-refractivity contribution in [2.75, 3.05) is 26.2 Å². The number of amides is 1. The van der Waals surface area contributed by atoms with Crippen molar-refractivity contribution in [1.29, 1.82) is 0 Å². The lowest BCUT2D eigenvalue weighted by molar-refractivity contribution is -0.143. The highest BCUT2D eigenvalue weighted by Gasteiger charge is 2.46. The number of likely N-dealkylation sites (tertiary alicyclic amines) is 1. The van der Waals surface area contributed by atoms with Crippen LogP contribution < -0.4 is 0 Å². The third kappa shape index (κ3) is 5.07. The van der Waals surface area contributed by atoms with E-state index in [9.17, 15) is 4.79 Å². The molecule has 3 atom stereocenters. The van der Waals surface area contributed by atoms with Gasteiger partial charge < -0.3 is 4.90 Å². The maximum atomic E-state index is 13.6. The molecule has 1 aromatic carbocycles. The van der Waals surface area contributed by atoms with E-state index in [0.717, 1.165) is 44.7 Å². The van der Waals surface area contributed by atoms with Crippen LogP contribution in [0.3, 0.4) is 0 Å². The minimum Gasteiger partial charge on any atom is -0.335 e. The van der Waals surface area contributed by atoms with Gasteiger partial charge in [-0.3, -0.25) is 19.6 Å². The van der Waals surface area contributed by atoms with Gasteiger partial charge >= 0.3 is 0 Å². The number of aromatic nitrogens is 1. The number of carbonyl (C=O) groups excluding carboxylic acids is 1. The second-order valence-electron chi connectivity index (χ2n) is 9.64.